The van der Waals surface area contributed by atoms with Crippen LogP contribution in [-0.4, -0.2) is 0 Å². The molecule has 0 saturated carbocycles. The zero-order valence-corrected chi connectivity index (χ0v) is 9.69. The van der Waals surface area contributed by atoms with Crippen molar-refractivity contribution < 1.29 is 4.39 Å². The summed E-state index contributed by atoms with van der Waals surface area (Å²) >= 11 is 11.5. The average Bonchev–Trinajstić information content (AvgIpc) is 2.24. The lowest BCUT2D eigenvalue weighted by molar-refractivity contribution is 0.628. The van der Waals surface area contributed by atoms with Gasteiger partial charge in [-0.05, 0) is 36.4 Å². The maximum atomic E-state index is 12.9. The van der Waals surface area contributed by atoms with E-state index in [0.29, 0.717) is 10.7 Å². The summed E-state index contributed by atoms with van der Waals surface area (Å²) in [4.78, 5) is 0. The predicted molar refractivity (Wildman–Crippen MR) is 66.1 cm³/mol. The fraction of sp³-hybridized carbons (Fsp3) is 0. The molecule has 2 aromatic carbocycles. The summed E-state index contributed by atoms with van der Waals surface area (Å²) in [6.45, 7) is 0. The van der Waals surface area contributed by atoms with Crippen molar-refractivity contribution in [1.82, 2.24) is 0 Å². The monoisotopic (exact) mass is 255 g/mol. The number of benzene rings is 2. The van der Waals surface area contributed by atoms with E-state index in [2.05, 4.69) is 5.32 Å². The molecule has 0 unspecified atom stereocenters. The van der Waals surface area contributed by atoms with Gasteiger partial charge in [0.15, 0.2) is 0 Å². The van der Waals surface area contributed by atoms with Gasteiger partial charge in [-0.2, -0.15) is 0 Å². The first-order chi connectivity index (χ1) is 7.65. The minimum Gasteiger partial charge on any atom is -0.355 e. The van der Waals surface area contributed by atoms with E-state index in [9.17, 15) is 4.39 Å². The van der Waals surface area contributed by atoms with E-state index in [0.717, 1.165) is 5.69 Å². The Bertz CT molecular complexity index is 514. The van der Waals surface area contributed by atoms with Gasteiger partial charge in [0, 0.05) is 16.4 Å². The molecule has 0 aliphatic heterocycles. The molecule has 4 heteroatoms. The van der Waals surface area contributed by atoms with Crippen LogP contribution in [0.2, 0.25) is 10.0 Å². The molecule has 0 fully saturated rings. The standard InChI is InChI=1S/C12H8Cl2FN/c13-8-2-1-3-9(6-8)16-10-4-5-12(15)11(14)7-10/h1-7,16H. The van der Waals surface area contributed by atoms with Crippen LogP contribution in [0.5, 0.6) is 0 Å². The van der Waals surface area contributed by atoms with Crippen molar-refractivity contribution in [3.05, 3.63) is 58.3 Å². The van der Waals surface area contributed by atoms with E-state index < -0.39 is 5.82 Å². The molecule has 0 atom stereocenters. The molecule has 0 bridgehead atoms. The lowest BCUT2D eigenvalue weighted by Crippen LogP contribution is -1.90. The van der Waals surface area contributed by atoms with E-state index in [4.69, 9.17) is 23.2 Å². The Morgan fingerprint density at radius 3 is 2.38 bits per heavy atom. The third-order valence-corrected chi connectivity index (χ3v) is 2.56. The summed E-state index contributed by atoms with van der Waals surface area (Å²) in [6.07, 6.45) is 0. The number of halogens is 3. The van der Waals surface area contributed by atoms with Crippen molar-refractivity contribution in [2.45, 2.75) is 0 Å². The van der Waals surface area contributed by atoms with Crippen LogP contribution in [0.4, 0.5) is 15.8 Å². The molecule has 0 saturated heterocycles. The minimum atomic E-state index is -0.432. The Morgan fingerprint density at radius 1 is 0.938 bits per heavy atom. The number of anilines is 2. The summed E-state index contributed by atoms with van der Waals surface area (Å²) in [5, 5.41) is 3.80. The summed E-state index contributed by atoms with van der Waals surface area (Å²) < 4.78 is 12.9. The Morgan fingerprint density at radius 2 is 1.69 bits per heavy atom. The lowest BCUT2D eigenvalue weighted by atomic mass is 10.2. The van der Waals surface area contributed by atoms with Crippen molar-refractivity contribution >= 4 is 34.6 Å². The quantitative estimate of drug-likeness (QED) is 0.807. The van der Waals surface area contributed by atoms with Gasteiger partial charge >= 0.3 is 0 Å². The van der Waals surface area contributed by atoms with E-state index in [1.807, 2.05) is 12.1 Å². The Balaban J connectivity index is 2.24. The smallest absolute Gasteiger partial charge is 0.141 e. The van der Waals surface area contributed by atoms with Crippen molar-refractivity contribution in [2.24, 2.45) is 0 Å². The molecule has 0 aromatic heterocycles. The number of rotatable bonds is 2. The molecule has 0 radical (unpaired) electrons. The lowest BCUT2D eigenvalue weighted by Gasteiger charge is -2.07. The third kappa shape index (κ3) is 2.65. The summed E-state index contributed by atoms with van der Waals surface area (Å²) in [6, 6.07) is 11.7. The van der Waals surface area contributed by atoms with E-state index in [1.165, 1.54) is 12.1 Å². The van der Waals surface area contributed by atoms with Crippen LogP contribution in [0.1, 0.15) is 0 Å². The molecule has 0 aliphatic rings. The van der Waals surface area contributed by atoms with Gasteiger partial charge < -0.3 is 5.32 Å². The molecule has 82 valence electrons. The molecule has 0 amide bonds. The minimum absolute atomic E-state index is 0.0898. The summed E-state index contributed by atoms with van der Waals surface area (Å²) in [5.41, 5.74) is 1.55. The molecule has 16 heavy (non-hydrogen) atoms. The van der Waals surface area contributed by atoms with Gasteiger partial charge in [0.25, 0.3) is 0 Å². The van der Waals surface area contributed by atoms with Crippen molar-refractivity contribution in [3.63, 3.8) is 0 Å². The second-order valence-electron chi connectivity index (χ2n) is 3.26. The zero-order valence-electron chi connectivity index (χ0n) is 8.18. The van der Waals surface area contributed by atoms with Crippen LogP contribution in [0.3, 0.4) is 0 Å². The fourth-order valence-electron chi connectivity index (χ4n) is 1.31. The molecule has 0 heterocycles. The van der Waals surface area contributed by atoms with Crippen molar-refractivity contribution in [3.8, 4) is 0 Å². The number of nitrogens with one attached hydrogen (secondary N) is 1. The van der Waals surface area contributed by atoms with Gasteiger partial charge in [0.05, 0.1) is 5.02 Å². The van der Waals surface area contributed by atoms with Gasteiger partial charge in [-0.3, -0.25) is 0 Å². The van der Waals surface area contributed by atoms with Gasteiger partial charge in [-0.15, -0.1) is 0 Å². The van der Waals surface area contributed by atoms with Crippen LogP contribution >= 0.6 is 23.2 Å². The SMILES string of the molecule is Fc1ccc(Nc2cccc(Cl)c2)cc1Cl. The molecular formula is C12H8Cl2FN. The van der Waals surface area contributed by atoms with Gasteiger partial charge in [-0.1, -0.05) is 29.3 Å². The second kappa shape index (κ2) is 4.73. The Hall–Kier alpha value is -1.25. The first-order valence-corrected chi connectivity index (χ1v) is 5.38. The molecule has 1 nitrogen and oxygen atoms in total. The van der Waals surface area contributed by atoms with Crippen molar-refractivity contribution in [2.75, 3.05) is 5.32 Å². The fourth-order valence-corrected chi connectivity index (χ4v) is 1.68. The van der Waals surface area contributed by atoms with Gasteiger partial charge in [0.2, 0.25) is 0 Å². The topological polar surface area (TPSA) is 12.0 Å². The summed E-state index contributed by atoms with van der Waals surface area (Å²) in [5.74, 6) is -0.432. The molecule has 0 spiro atoms. The largest absolute Gasteiger partial charge is 0.355 e. The first kappa shape index (κ1) is 11.2. The van der Waals surface area contributed by atoms with Crippen LogP contribution < -0.4 is 5.32 Å². The Labute approximate surface area is 103 Å². The molecule has 0 aliphatic carbocycles. The first-order valence-electron chi connectivity index (χ1n) is 4.63. The van der Waals surface area contributed by atoms with Gasteiger partial charge in [0.1, 0.15) is 5.82 Å². The zero-order chi connectivity index (χ0) is 11.5. The van der Waals surface area contributed by atoms with E-state index >= 15 is 0 Å². The molecule has 2 aromatic rings. The normalized spacial score (nSPS) is 10.2. The molecule has 1 N–H and O–H groups in total. The highest BCUT2D eigenvalue weighted by atomic mass is 35.5. The Kier molecular flexibility index (Phi) is 3.32. The number of hydrogen-bond donors (Lipinski definition) is 1. The average molecular weight is 256 g/mol. The van der Waals surface area contributed by atoms with Crippen LogP contribution in [-0.2, 0) is 0 Å². The molecule has 2 rings (SSSR count). The highest BCUT2D eigenvalue weighted by molar-refractivity contribution is 6.31. The second-order valence-corrected chi connectivity index (χ2v) is 4.11. The maximum absolute atomic E-state index is 12.9. The highest BCUT2D eigenvalue weighted by Crippen LogP contribution is 2.24. The van der Waals surface area contributed by atoms with Crippen LogP contribution in [0, 0.1) is 5.82 Å². The van der Waals surface area contributed by atoms with E-state index in [1.54, 1.807) is 18.2 Å². The van der Waals surface area contributed by atoms with Crippen LogP contribution in [0.25, 0.3) is 0 Å². The molecular weight excluding hydrogens is 248 g/mol. The van der Waals surface area contributed by atoms with Gasteiger partial charge in [-0.25, -0.2) is 4.39 Å². The van der Waals surface area contributed by atoms with E-state index in [-0.39, 0.29) is 5.02 Å². The third-order valence-electron chi connectivity index (χ3n) is 2.03. The van der Waals surface area contributed by atoms with Crippen LogP contribution in [0.15, 0.2) is 42.5 Å². The summed E-state index contributed by atoms with van der Waals surface area (Å²) in [7, 11) is 0. The van der Waals surface area contributed by atoms with Crippen molar-refractivity contribution in [1.29, 1.82) is 0 Å². The number of hydrogen-bond acceptors (Lipinski definition) is 1. The highest BCUT2D eigenvalue weighted by Gasteiger charge is 2.01. The predicted octanol–water partition coefficient (Wildman–Crippen LogP) is 4.88. The maximum Gasteiger partial charge on any atom is 0.141 e.